The predicted octanol–water partition coefficient (Wildman–Crippen LogP) is 4.25. The van der Waals surface area contributed by atoms with E-state index in [1.807, 2.05) is 18.2 Å². The molecule has 0 heterocycles. The Balaban J connectivity index is 1.91. The average Bonchev–Trinajstić information content (AvgIpc) is 2.69. The molecule has 150 valence electrons. The maximum Gasteiger partial charge on any atom is 0.262 e. The Morgan fingerprint density at radius 3 is 2.24 bits per heavy atom. The minimum absolute atomic E-state index is 0.0310. The summed E-state index contributed by atoms with van der Waals surface area (Å²) >= 11 is 0. The third-order valence-electron chi connectivity index (χ3n) is 3.89. The topological polar surface area (TPSA) is 93.7 Å². The lowest BCUT2D eigenvalue weighted by atomic mass is 10.3. The summed E-state index contributed by atoms with van der Waals surface area (Å²) in [7, 11) is -2.51. The van der Waals surface area contributed by atoms with Gasteiger partial charge in [-0.3, -0.25) is 9.52 Å². The molecule has 29 heavy (non-hydrogen) atoms. The van der Waals surface area contributed by atoms with E-state index in [1.165, 1.54) is 32.2 Å². The van der Waals surface area contributed by atoms with Crippen LogP contribution < -0.4 is 19.5 Å². The molecule has 0 aliphatic carbocycles. The lowest BCUT2D eigenvalue weighted by Crippen LogP contribution is -2.15. The second kappa shape index (κ2) is 8.66. The third kappa shape index (κ3) is 5.05. The Morgan fingerprint density at radius 2 is 1.55 bits per heavy atom. The van der Waals surface area contributed by atoms with Gasteiger partial charge in [0.25, 0.3) is 10.0 Å². The quantitative estimate of drug-likeness (QED) is 0.605. The summed E-state index contributed by atoms with van der Waals surface area (Å²) in [5, 5.41) is 2.56. The maximum atomic E-state index is 12.9. The van der Waals surface area contributed by atoms with Crippen LogP contribution in [0.25, 0.3) is 0 Å². The number of hydrogen-bond donors (Lipinski definition) is 2. The van der Waals surface area contributed by atoms with Crippen molar-refractivity contribution in [3.05, 3.63) is 72.8 Å². The number of nitrogens with one attached hydrogen (secondary N) is 2. The van der Waals surface area contributed by atoms with Crippen LogP contribution in [0, 0.1) is 0 Å². The van der Waals surface area contributed by atoms with Crippen LogP contribution in [-0.2, 0) is 14.8 Å². The number of amides is 1. The number of sulfonamides is 1. The smallest absolute Gasteiger partial charge is 0.262 e. The van der Waals surface area contributed by atoms with Crippen molar-refractivity contribution in [3.8, 4) is 17.2 Å². The van der Waals surface area contributed by atoms with E-state index < -0.39 is 10.0 Å². The van der Waals surface area contributed by atoms with Crippen LogP contribution in [0.3, 0.4) is 0 Å². The molecule has 3 aromatic carbocycles. The van der Waals surface area contributed by atoms with E-state index in [9.17, 15) is 13.2 Å². The minimum Gasteiger partial charge on any atom is -0.495 e. The summed E-state index contributed by atoms with van der Waals surface area (Å²) < 4.78 is 39.4. The summed E-state index contributed by atoms with van der Waals surface area (Å²) in [6.07, 6.45) is 0. The molecule has 7 nitrogen and oxygen atoms in total. The fourth-order valence-corrected chi connectivity index (χ4v) is 3.70. The molecule has 3 rings (SSSR count). The predicted molar refractivity (Wildman–Crippen MR) is 111 cm³/mol. The number of rotatable bonds is 7. The van der Waals surface area contributed by atoms with E-state index >= 15 is 0 Å². The van der Waals surface area contributed by atoms with Crippen LogP contribution in [0.15, 0.2) is 77.7 Å². The monoisotopic (exact) mass is 412 g/mol. The molecule has 2 N–H and O–H groups in total. The van der Waals surface area contributed by atoms with E-state index in [0.717, 1.165) is 0 Å². The highest BCUT2D eigenvalue weighted by Crippen LogP contribution is 2.32. The van der Waals surface area contributed by atoms with Crippen LogP contribution in [0.1, 0.15) is 6.92 Å². The zero-order valence-electron chi connectivity index (χ0n) is 15.9. The van der Waals surface area contributed by atoms with Gasteiger partial charge in [0.15, 0.2) is 5.75 Å². The Labute approximate surface area is 169 Å². The zero-order chi connectivity index (χ0) is 20.9. The number of carbonyl (C=O) groups is 1. The number of benzene rings is 3. The molecule has 8 heteroatoms. The lowest BCUT2D eigenvalue weighted by Gasteiger charge is -2.15. The number of carbonyl (C=O) groups excluding carboxylic acids is 1. The average molecular weight is 412 g/mol. The first kappa shape index (κ1) is 20.2. The van der Waals surface area contributed by atoms with Crippen molar-refractivity contribution in [2.24, 2.45) is 0 Å². The van der Waals surface area contributed by atoms with Gasteiger partial charge in [-0.05, 0) is 42.5 Å². The molecule has 3 aromatic rings. The molecule has 0 bridgehead atoms. The normalized spacial score (nSPS) is 10.8. The Hall–Kier alpha value is -3.52. The van der Waals surface area contributed by atoms with Crippen molar-refractivity contribution in [2.45, 2.75) is 11.8 Å². The Morgan fingerprint density at radius 1 is 0.862 bits per heavy atom. The molecule has 0 aromatic heterocycles. The van der Waals surface area contributed by atoms with Crippen LogP contribution in [-0.4, -0.2) is 21.4 Å². The summed E-state index contributed by atoms with van der Waals surface area (Å²) in [6, 6.07) is 20.0. The van der Waals surface area contributed by atoms with Gasteiger partial charge in [0, 0.05) is 6.92 Å². The number of para-hydroxylation sites is 3. The first-order valence-corrected chi connectivity index (χ1v) is 10.2. The highest BCUT2D eigenvalue weighted by atomic mass is 32.2. The van der Waals surface area contributed by atoms with Gasteiger partial charge in [0.2, 0.25) is 5.91 Å². The van der Waals surface area contributed by atoms with Crippen molar-refractivity contribution in [3.63, 3.8) is 0 Å². The molecule has 1 amide bonds. The highest BCUT2D eigenvalue weighted by molar-refractivity contribution is 7.92. The highest BCUT2D eigenvalue weighted by Gasteiger charge is 2.19. The van der Waals surface area contributed by atoms with Crippen molar-refractivity contribution in [1.82, 2.24) is 0 Å². The summed E-state index contributed by atoms with van der Waals surface area (Å²) in [5.74, 6) is 0.953. The molecule has 0 radical (unpaired) electrons. The van der Waals surface area contributed by atoms with Crippen molar-refractivity contribution < 1.29 is 22.7 Å². The van der Waals surface area contributed by atoms with Crippen LogP contribution in [0.5, 0.6) is 17.2 Å². The van der Waals surface area contributed by atoms with Crippen molar-refractivity contribution >= 4 is 27.3 Å². The lowest BCUT2D eigenvalue weighted by molar-refractivity contribution is -0.114. The van der Waals surface area contributed by atoms with Gasteiger partial charge in [-0.2, -0.15) is 0 Å². The van der Waals surface area contributed by atoms with Gasteiger partial charge in [-0.15, -0.1) is 0 Å². The molecule has 0 aliphatic rings. The first-order chi connectivity index (χ1) is 13.9. The molecule has 0 saturated carbocycles. The summed E-state index contributed by atoms with van der Waals surface area (Å²) in [5.41, 5.74) is 0.546. The molecule has 0 unspecified atom stereocenters. The number of hydrogen-bond acceptors (Lipinski definition) is 5. The van der Waals surface area contributed by atoms with E-state index in [-0.39, 0.29) is 22.2 Å². The van der Waals surface area contributed by atoms with Gasteiger partial charge in [0.05, 0.1) is 23.4 Å². The Kier molecular flexibility index (Phi) is 6.04. The molecule has 0 aliphatic heterocycles. The van der Waals surface area contributed by atoms with Crippen molar-refractivity contribution in [2.75, 3.05) is 17.1 Å². The van der Waals surface area contributed by atoms with E-state index in [4.69, 9.17) is 9.47 Å². The molecular formula is C21H20N2O5S. The molecule has 0 fully saturated rings. The van der Waals surface area contributed by atoms with Crippen LogP contribution in [0.4, 0.5) is 11.4 Å². The standard InChI is InChI=1S/C21H20N2O5S/c1-15(24)22-19-14-17(12-13-20(19)27-2)29(25,26)23-18-10-6-7-11-21(18)28-16-8-4-3-5-9-16/h3-14,23H,1-2H3,(H,22,24). The van der Waals surface area contributed by atoms with Gasteiger partial charge in [-0.1, -0.05) is 30.3 Å². The van der Waals surface area contributed by atoms with Gasteiger partial charge >= 0.3 is 0 Å². The second-order valence-electron chi connectivity index (χ2n) is 6.06. The van der Waals surface area contributed by atoms with Gasteiger partial charge in [0.1, 0.15) is 11.5 Å². The van der Waals surface area contributed by atoms with Gasteiger partial charge < -0.3 is 14.8 Å². The fourth-order valence-electron chi connectivity index (χ4n) is 2.60. The SMILES string of the molecule is COc1ccc(S(=O)(=O)Nc2ccccc2Oc2ccccc2)cc1NC(C)=O. The largest absolute Gasteiger partial charge is 0.495 e. The summed E-state index contributed by atoms with van der Waals surface area (Å²) in [6.45, 7) is 1.33. The first-order valence-electron chi connectivity index (χ1n) is 8.69. The number of anilines is 2. The van der Waals surface area contributed by atoms with Crippen LogP contribution >= 0.6 is 0 Å². The molecule has 0 saturated heterocycles. The van der Waals surface area contributed by atoms with E-state index in [2.05, 4.69) is 10.0 Å². The Bertz CT molecular complexity index is 1110. The maximum absolute atomic E-state index is 12.9. The van der Waals surface area contributed by atoms with Crippen molar-refractivity contribution in [1.29, 1.82) is 0 Å². The van der Waals surface area contributed by atoms with E-state index in [1.54, 1.807) is 36.4 Å². The zero-order valence-corrected chi connectivity index (χ0v) is 16.7. The molecular weight excluding hydrogens is 392 g/mol. The third-order valence-corrected chi connectivity index (χ3v) is 5.26. The summed E-state index contributed by atoms with van der Waals surface area (Å²) in [4.78, 5) is 11.4. The van der Waals surface area contributed by atoms with Crippen LogP contribution in [0.2, 0.25) is 0 Å². The number of ether oxygens (including phenoxy) is 2. The van der Waals surface area contributed by atoms with Gasteiger partial charge in [-0.25, -0.2) is 8.42 Å². The minimum atomic E-state index is -3.95. The fraction of sp³-hybridized carbons (Fsp3) is 0.0952. The number of methoxy groups -OCH3 is 1. The second-order valence-corrected chi connectivity index (χ2v) is 7.74. The molecule has 0 atom stereocenters. The van der Waals surface area contributed by atoms with E-state index in [0.29, 0.717) is 17.2 Å². The molecule has 0 spiro atoms.